The Morgan fingerprint density at radius 2 is 1.36 bits per heavy atom. The molecule has 1 aliphatic rings. The van der Waals surface area contributed by atoms with Crippen molar-refractivity contribution in [3.63, 3.8) is 0 Å². The van der Waals surface area contributed by atoms with Gasteiger partial charge in [-0.05, 0) is 32.6 Å². The number of carbonyl (C=O) groups is 1. The van der Waals surface area contributed by atoms with Gasteiger partial charge in [0.25, 0.3) is 0 Å². The largest absolute Gasteiger partial charge is 0.298 e. The molecule has 0 amide bonds. The third kappa shape index (κ3) is 2.60. The lowest BCUT2D eigenvalue weighted by atomic mass is 10.0. The maximum absolute atomic E-state index is 11.4. The molecule has 0 fully saturated rings. The predicted molar refractivity (Wildman–Crippen MR) is 115 cm³/mol. The van der Waals surface area contributed by atoms with E-state index in [1.165, 1.54) is 16.3 Å². The third-order valence-electron chi connectivity index (χ3n) is 6.07. The maximum Gasteiger partial charge on any atom is 0.150 e. The SMILES string of the molecule is CC(C)[Si]1(C(C)C)c2cc(C=O)ccc2-c2ccc([Si](C)(C)C)cc21. The second-order valence-corrected chi connectivity index (χ2v) is 19.3. The fraction of sp³-hybridized carbons (Fsp3) is 0.409. The highest BCUT2D eigenvalue weighted by molar-refractivity contribution is 7.07. The molecule has 0 unspecified atom stereocenters. The van der Waals surface area contributed by atoms with E-state index in [0.717, 1.165) is 11.8 Å². The molecule has 25 heavy (non-hydrogen) atoms. The Morgan fingerprint density at radius 3 is 1.84 bits per heavy atom. The van der Waals surface area contributed by atoms with Crippen LogP contribution in [0, 0.1) is 0 Å². The first-order valence-electron chi connectivity index (χ1n) is 9.39. The van der Waals surface area contributed by atoms with E-state index in [0.29, 0.717) is 11.1 Å². The summed E-state index contributed by atoms with van der Waals surface area (Å²) in [6.45, 7) is 16.8. The van der Waals surface area contributed by atoms with Crippen molar-refractivity contribution in [2.75, 3.05) is 0 Å². The van der Waals surface area contributed by atoms with Crippen molar-refractivity contribution in [1.82, 2.24) is 0 Å². The standard InChI is InChI=1S/C22H30OSi2/c1-15(2)25(16(3)4)21-12-17(14-23)8-10-19(21)20-11-9-18(13-22(20)25)24(5,6)7/h8-16H,1-7H3. The molecular formula is C22H30OSi2. The van der Waals surface area contributed by atoms with Gasteiger partial charge in [-0.15, -0.1) is 0 Å². The highest BCUT2D eigenvalue weighted by atomic mass is 28.3. The van der Waals surface area contributed by atoms with Gasteiger partial charge < -0.3 is 0 Å². The van der Waals surface area contributed by atoms with E-state index in [1.54, 1.807) is 10.4 Å². The van der Waals surface area contributed by atoms with E-state index in [4.69, 9.17) is 0 Å². The average Bonchev–Trinajstić information content (AvgIpc) is 2.83. The molecule has 0 bridgehead atoms. The van der Waals surface area contributed by atoms with Crippen molar-refractivity contribution in [1.29, 1.82) is 0 Å². The van der Waals surface area contributed by atoms with E-state index in [1.807, 2.05) is 6.07 Å². The Morgan fingerprint density at radius 1 is 0.840 bits per heavy atom. The maximum atomic E-state index is 11.4. The summed E-state index contributed by atoms with van der Waals surface area (Å²) in [5.74, 6) is 0. The lowest BCUT2D eigenvalue weighted by Crippen LogP contribution is -2.61. The Hall–Kier alpha value is -1.46. The van der Waals surface area contributed by atoms with Crippen LogP contribution >= 0.6 is 0 Å². The molecule has 0 spiro atoms. The van der Waals surface area contributed by atoms with Crippen LogP contribution in [0.1, 0.15) is 38.1 Å². The molecule has 0 saturated heterocycles. The zero-order valence-electron chi connectivity index (χ0n) is 16.6. The van der Waals surface area contributed by atoms with Gasteiger partial charge in [-0.3, -0.25) is 4.79 Å². The molecular weight excluding hydrogens is 336 g/mol. The number of hydrogen-bond donors (Lipinski definition) is 0. The smallest absolute Gasteiger partial charge is 0.150 e. The van der Waals surface area contributed by atoms with Crippen LogP contribution in [0.15, 0.2) is 36.4 Å². The molecule has 3 heteroatoms. The van der Waals surface area contributed by atoms with Crippen molar-refractivity contribution in [3.8, 4) is 11.1 Å². The zero-order chi connectivity index (χ0) is 18.6. The minimum Gasteiger partial charge on any atom is -0.298 e. The van der Waals surface area contributed by atoms with Gasteiger partial charge in [0.05, 0.1) is 8.07 Å². The zero-order valence-corrected chi connectivity index (χ0v) is 18.6. The number of hydrogen-bond acceptors (Lipinski definition) is 1. The van der Waals surface area contributed by atoms with Gasteiger partial charge in [0.2, 0.25) is 0 Å². The summed E-state index contributed by atoms with van der Waals surface area (Å²) in [7, 11) is -3.29. The lowest BCUT2D eigenvalue weighted by molar-refractivity contribution is 0.112. The van der Waals surface area contributed by atoms with E-state index in [-0.39, 0.29) is 0 Å². The van der Waals surface area contributed by atoms with Crippen LogP contribution in [0.25, 0.3) is 11.1 Å². The summed E-state index contributed by atoms with van der Waals surface area (Å²) in [6, 6.07) is 13.6. The van der Waals surface area contributed by atoms with Crippen LogP contribution in [0.4, 0.5) is 0 Å². The monoisotopic (exact) mass is 366 g/mol. The van der Waals surface area contributed by atoms with Crippen LogP contribution in [-0.4, -0.2) is 22.4 Å². The second kappa shape index (κ2) is 6.06. The molecule has 0 N–H and O–H groups in total. The van der Waals surface area contributed by atoms with Gasteiger partial charge in [0, 0.05) is 5.56 Å². The Labute approximate surface area is 154 Å². The van der Waals surface area contributed by atoms with Crippen LogP contribution in [-0.2, 0) is 0 Å². The highest BCUT2D eigenvalue weighted by Gasteiger charge is 2.50. The van der Waals surface area contributed by atoms with E-state index < -0.39 is 16.1 Å². The van der Waals surface area contributed by atoms with E-state index in [2.05, 4.69) is 77.7 Å². The van der Waals surface area contributed by atoms with Gasteiger partial charge in [0.15, 0.2) is 0 Å². The summed E-state index contributed by atoms with van der Waals surface area (Å²) in [4.78, 5) is 11.4. The van der Waals surface area contributed by atoms with Gasteiger partial charge in [-0.2, -0.15) is 0 Å². The number of aldehydes is 1. The lowest BCUT2D eigenvalue weighted by Gasteiger charge is -2.38. The first-order valence-corrected chi connectivity index (χ1v) is 15.0. The topological polar surface area (TPSA) is 17.1 Å². The van der Waals surface area contributed by atoms with Crippen LogP contribution < -0.4 is 15.6 Å². The quantitative estimate of drug-likeness (QED) is 0.579. The third-order valence-corrected chi connectivity index (χ3v) is 14.4. The first kappa shape index (κ1) is 18.3. The molecule has 0 saturated carbocycles. The molecule has 1 heterocycles. The fourth-order valence-electron chi connectivity index (χ4n) is 4.86. The second-order valence-electron chi connectivity index (χ2n) is 9.11. The highest BCUT2D eigenvalue weighted by Crippen LogP contribution is 2.40. The fourth-order valence-corrected chi connectivity index (χ4v) is 12.4. The molecule has 0 aromatic heterocycles. The molecule has 1 aliphatic heterocycles. The van der Waals surface area contributed by atoms with Gasteiger partial charge in [0.1, 0.15) is 14.4 Å². The van der Waals surface area contributed by atoms with E-state index in [9.17, 15) is 4.79 Å². The summed E-state index contributed by atoms with van der Waals surface area (Å²) in [5.41, 5.74) is 4.81. The van der Waals surface area contributed by atoms with Gasteiger partial charge in [-0.1, -0.05) is 88.9 Å². The van der Waals surface area contributed by atoms with E-state index >= 15 is 0 Å². The minimum absolute atomic E-state index is 0.603. The Balaban J connectivity index is 2.40. The summed E-state index contributed by atoms with van der Waals surface area (Å²) in [5, 5.41) is 4.63. The molecule has 2 aromatic carbocycles. The number of fused-ring (bicyclic) bond motifs is 3. The van der Waals surface area contributed by atoms with Crippen molar-refractivity contribution in [2.45, 2.75) is 58.4 Å². The molecule has 3 rings (SSSR count). The normalized spacial score (nSPS) is 15.4. The Bertz CT molecular complexity index is 820. The van der Waals surface area contributed by atoms with Crippen molar-refractivity contribution >= 4 is 38.0 Å². The summed E-state index contributed by atoms with van der Waals surface area (Å²) < 4.78 is 0. The summed E-state index contributed by atoms with van der Waals surface area (Å²) >= 11 is 0. The minimum atomic E-state index is -1.92. The molecule has 0 aliphatic carbocycles. The average molecular weight is 367 g/mol. The van der Waals surface area contributed by atoms with Crippen molar-refractivity contribution < 1.29 is 4.79 Å². The van der Waals surface area contributed by atoms with Crippen molar-refractivity contribution in [3.05, 3.63) is 42.0 Å². The van der Waals surface area contributed by atoms with Crippen LogP contribution in [0.2, 0.25) is 30.7 Å². The van der Waals surface area contributed by atoms with Gasteiger partial charge in [-0.25, -0.2) is 0 Å². The molecule has 1 nitrogen and oxygen atoms in total. The van der Waals surface area contributed by atoms with Crippen LogP contribution in [0.5, 0.6) is 0 Å². The number of carbonyl (C=O) groups excluding carboxylic acids is 1. The number of benzene rings is 2. The van der Waals surface area contributed by atoms with Crippen LogP contribution in [0.3, 0.4) is 0 Å². The molecule has 2 aromatic rings. The number of rotatable bonds is 4. The first-order chi connectivity index (χ1) is 11.6. The van der Waals surface area contributed by atoms with Crippen molar-refractivity contribution in [2.24, 2.45) is 0 Å². The summed E-state index contributed by atoms with van der Waals surface area (Å²) in [6.07, 6.45) is 0.997. The Kier molecular flexibility index (Phi) is 4.45. The van der Waals surface area contributed by atoms with Gasteiger partial charge >= 0.3 is 0 Å². The molecule has 0 atom stereocenters. The predicted octanol–water partition coefficient (Wildman–Crippen LogP) is 4.41. The molecule has 132 valence electrons. The molecule has 0 radical (unpaired) electrons.